The number of nitrogens with zero attached hydrogens (tertiary/aromatic N) is 4. The molecule has 162 valence electrons. The number of carbonyl (C=O) groups is 3. The van der Waals surface area contributed by atoms with Gasteiger partial charge in [-0.2, -0.15) is 4.31 Å². The Kier molecular flexibility index (Phi) is 5.73. The van der Waals surface area contributed by atoms with Crippen molar-refractivity contribution >= 4 is 50.9 Å². The van der Waals surface area contributed by atoms with E-state index in [0.717, 1.165) is 4.90 Å². The van der Waals surface area contributed by atoms with Gasteiger partial charge in [0, 0.05) is 32.4 Å². The molecule has 0 saturated carbocycles. The van der Waals surface area contributed by atoms with Gasteiger partial charge in [0.15, 0.2) is 0 Å². The zero-order valence-electron chi connectivity index (χ0n) is 16.0. The standard InChI is InChI=1S/C19H16Cl2N4O5S/c20-13-4-1-5-14(21)17(13)31(29,30)24-9-7-23(8-10-24)15(26)11-25-18(27)12-3-2-6-22-16(12)19(25)28/h1-6H,7-11H2. The van der Waals surface area contributed by atoms with Gasteiger partial charge in [-0.25, -0.2) is 8.42 Å². The maximum atomic E-state index is 12.9. The van der Waals surface area contributed by atoms with E-state index in [2.05, 4.69) is 4.98 Å². The number of halogens is 2. The van der Waals surface area contributed by atoms with Gasteiger partial charge >= 0.3 is 0 Å². The van der Waals surface area contributed by atoms with Crippen molar-refractivity contribution in [1.29, 1.82) is 0 Å². The van der Waals surface area contributed by atoms with Crippen LogP contribution >= 0.6 is 23.2 Å². The topological polar surface area (TPSA) is 108 Å². The molecule has 12 heteroatoms. The van der Waals surface area contributed by atoms with E-state index in [-0.39, 0.29) is 52.4 Å². The number of benzene rings is 1. The fourth-order valence-electron chi connectivity index (χ4n) is 3.53. The van der Waals surface area contributed by atoms with Crippen molar-refractivity contribution in [3.63, 3.8) is 0 Å². The molecule has 2 aliphatic heterocycles. The molecule has 0 bridgehead atoms. The summed E-state index contributed by atoms with van der Waals surface area (Å²) in [6, 6.07) is 7.46. The number of piperazine rings is 1. The first-order valence-corrected chi connectivity index (χ1v) is 11.4. The van der Waals surface area contributed by atoms with Crippen molar-refractivity contribution in [1.82, 2.24) is 19.1 Å². The fourth-order valence-corrected chi connectivity index (χ4v) is 6.04. The molecule has 4 rings (SSSR count). The summed E-state index contributed by atoms with van der Waals surface area (Å²) in [4.78, 5) is 43.5. The van der Waals surface area contributed by atoms with Crippen LogP contribution in [-0.4, -0.2) is 78.0 Å². The number of aromatic nitrogens is 1. The molecule has 1 fully saturated rings. The number of carbonyl (C=O) groups excluding carboxylic acids is 3. The molecule has 0 radical (unpaired) electrons. The molecule has 0 aliphatic carbocycles. The Morgan fingerprint density at radius 3 is 2.23 bits per heavy atom. The van der Waals surface area contributed by atoms with E-state index < -0.39 is 34.3 Å². The van der Waals surface area contributed by atoms with Crippen molar-refractivity contribution in [2.24, 2.45) is 0 Å². The van der Waals surface area contributed by atoms with Crippen LogP contribution < -0.4 is 0 Å². The average molecular weight is 483 g/mol. The van der Waals surface area contributed by atoms with Crippen LogP contribution in [0, 0.1) is 0 Å². The van der Waals surface area contributed by atoms with E-state index in [9.17, 15) is 22.8 Å². The van der Waals surface area contributed by atoms with E-state index in [1.165, 1.54) is 33.6 Å². The van der Waals surface area contributed by atoms with Crippen molar-refractivity contribution in [2.75, 3.05) is 32.7 Å². The highest BCUT2D eigenvalue weighted by atomic mass is 35.5. The van der Waals surface area contributed by atoms with Crippen LogP contribution in [0.25, 0.3) is 0 Å². The molecule has 0 spiro atoms. The Morgan fingerprint density at radius 1 is 0.968 bits per heavy atom. The van der Waals surface area contributed by atoms with Crippen LogP contribution in [0.3, 0.4) is 0 Å². The minimum atomic E-state index is -3.94. The SMILES string of the molecule is O=C(CN1C(=O)c2cccnc2C1=O)N1CCN(S(=O)(=O)c2c(Cl)cccc2Cl)CC1. The highest BCUT2D eigenvalue weighted by Crippen LogP contribution is 2.32. The number of fused-ring (bicyclic) bond motifs is 1. The zero-order chi connectivity index (χ0) is 22.3. The quantitative estimate of drug-likeness (QED) is 0.611. The van der Waals surface area contributed by atoms with Crippen LogP contribution in [-0.2, 0) is 14.8 Å². The Bertz CT molecular complexity index is 1140. The molecule has 3 amide bonds. The molecule has 0 unspecified atom stereocenters. The van der Waals surface area contributed by atoms with E-state index >= 15 is 0 Å². The summed E-state index contributed by atoms with van der Waals surface area (Å²) >= 11 is 12.1. The number of hydrogen-bond donors (Lipinski definition) is 0. The summed E-state index contributed by atoms with van der Waals surface area (Å²) in [5, 5.41) is 0.0375. The number of pyridine rings is 1. The van der Waals surface area contributed by atoms with Crippen LogP contribution in [0.5, 0.6) is 0 Å². The first-order valence-electron chi connectivity index (χ1n) is 9.25. The first kappa shape index (κ1) is 21.7. The van der Waals surface area contributed by atoms with E-state index in [0.29, 0.717) is 0 Å². The van der Waals surface area contributed by atoms with Gasteiger partial charge in [-0.1, -0.05) is 29.3 Å². The third-order valence-corrected chi connectivity index (χ3v) is 7.99. The first-order chi connectivity index (χ1) is 14.7. The Balaban J connectivity index is 1.42. The molecule has 1 saturated heterocycles. The van der Waals surface area contributed by atoms with Crippen molar-refractivity contribution < 1.29 is 22.8 Å². The molecule has 2 aromatic rings. The number of hydrogen-bond acceptors (Lipinski definition) is 6. The summed E-state index contributed by atoms with van der Waals surface area (Å²) in [6.07, 6.45) is 1.40. The molecule has 9 nitrogen and oxygen atoms in total. The van der Waals surface area contributed by atoms with Gasteiger partial charge in [0.25, 0.3) is 11.8 Å². The van der Waals surface area contributed by atoms with Gasteiger partial charge in [-0.05, 0) is 24.3 Å². The molecular formula is C19H16Cl2N4O5S. The normalized spacial score (nSPS) is 17.2. The lowest BCUT2D eigenvalue weighted by atomic mass is 10.2. The van der Waals surface area contributed by atoms with E-state index in [1.807, 2.05) is 0 Å². The van der Waals surface area contributed by atoms with Crippen LogP contribution in [0.2, 0.25) is 10.0 Å². The molecule has 0 atom stereocenters. The predicted octanol–water partition coefficient (Wildman–Crippen LogP) is 1.52. The second-order valence-electron chi connectivity index (χ2n) is 6.93. The Labute approximate surface area is 188 Å². The van der Waals surface area contributed by atoms with Gasteiger partial charge in [0.2, 0.25) is 15.9 Å². The summed E-state index contributed by atoms with van der Waals surface area (Å²) in [5.41, 5.74) is 0.181. The van der Waals surface area contributed by atoms with E-state index in [4.69, 9.17) is 23.2 Å². The monoisotopic (exact) mass is 482 g/mol. The van der Waals surface area contributed by atoms with Crippen LogP contribution in [0.4, 0.5) is 0 Å². The average Bonchev–Trinajstić information content (AvgIpc) is 2.98. The van der Waals surface area contributed by atoms with Crippen molar-refractivity contribution in [3.05, 3.63) is 57.8 Å². The molecule has 1 aromatic heterocycles. The number of rotatable bonds is 4. The minimum absolute atomic E-state index is 0.0187. The van der Waals surface area contributed by atoms with Gasteiger partial charge in [-0.15, -0.1) is 0 Å². The third-order valence-electron chi connectivity index (χ3n) is 5.13. The van der Waals surface area contributed by atoms with Gasteiger partial charge in [0.05, 0.1) is 15.6 Å². The van der Waals surface area contributed by atoms with Gasteiger partial charge in [-0.3, -0.25) is 24.3 Å². The number of sulfonamides is 1. The Morgan fingerprint density at radius 2 is 1.61 bits per heavy atom. The Hall–Kier alpha value is -2.53. The zero-order valence-corrected chi connectivity index (χ0v) is 18.3. The largest absolute Gasteiger partial charge is 0.338 e. The predicted molar refractivity (Wildman–Crippen MR) is 111 cm³/mol. The molecule has 3 heterocycles. The lowest BCUT2D eigenvalue weighted by Gasteiger charge is -2.34. The maximum absolute atomic E-state index is 12.9. The molecular weight excluding hydrogens is 467 g/mol. The number of imide groups is 1. The lowest BCUT2D eigenvalue weighted by molar-refractivity contribution is -0.132. The van der Waals surface area contributed by atoms with E-state index in [1.54, 1.807) is 12.1 Å². The van der Waals surface area contributed by atoms with Crippen molar-refractivity contribution in [2.45, 2.75) is 4.90 Å². The molecule has 31 heavy (non-hydrogen) atoms. The lowest BCUT2D eigenvalue weighted by Crippen LogP contribution is -2.53. The highest BCUT2D eigenvalue weighted by Gasteiger charge is 2.39. The van der Waals surface area contributed by atoms with Gasteiger partial charge in [0.1, 0.15) is 17.1 Å². The summed E-state index contributed by atoms with van der Waals surface area (Å²) in [7, 11) is -3.94. The second kappa shape index (κ2) is 8.19. The van der Waals surface area contributed by atoms with Gasteiger partial charge < -0.3 is 4.90 Å². The minimum Gasteiger partial charge on any atom is -0.338 e. The van der Waals surface area contributed by atoms with Crippen LogP contribution in [0.1, 0.15) is 20.8 Å². The summed E-state index contributed by atoms with van der Waals surface area (Å²) in [5.74, 6) is -1.65. The summed E-state index contributed by atoms with van der Waals surface area (Å²) < 4.78 is 27.1. The fraction of sp³-hybridized carbons (Fsp3) is 0.263. The summed E-state index contributed by atoms with van der Waals surface area (Å²) in [6.45, 7) is -0.182. The maximum Gasteiger partial charge on any atom is 0.280 e. The second-order valence-corrected chi connectivity index (χ2v) is 9.62. The number of amides is 3. The molecule has 0 N–H and O–H groups in total. The molecule has 2 aliphatic rings. The molecule has 1 aromatic carbocycles. The van der Waals surface area contributed by atoms with Crippen LogP contribution in [0.15, 0.2) is 41.4 Å². The third kappa shape index (κ3) is 3.80. The van der Waals surface area contributed by atoms with Crippen molar-refractivity contribution in [3.8, 4) is 0 Å². The smallest absolute Gasteiger partial charge is 0.280 e. The highest BCUT2D eigenvalue weighted by molar-refractivity contribution is 7.89.